The molecule has 66 valence electrons. The summed E-state index contributed by atoms with van der Waals surface area (Å²) < 4.78 is 4.87. The average Bonchev–Trinajstić information content (AvgIpc) is 2.40. The van der Waals surface area contributed by atoms with Gasteiger partial charge in [-0.25, -0.2) is 4.98 Å². The van der Waals surface area contributed by atoms with Gasteiger partial charge in [0, 0.05) is 0 Å². The summed E-state index contributed by atoms with van der Waals surface area (Å²) in [6.45, 7) is 13.2. The first-order valence-electron chi connectivity index (χ1n) is 3.96. The highest BCUT2D eigenvalue weighted by atomic mass is 16.3. The fraction of sp³-hybridized carbons (Fsp3) is 0.300. The molecule has 0 atom stereocenters. The fourth-order valence-electron chi connectivity index (χ4n) is 0.630. The minimum absolute atomic E-state index is 0.586. The van der Waals surface area contributed by atoms with Crippen molar-refractivity contribution >= 4 is 12.7 Å². The van der Waals surface area contributed by atoms with Crippen LogP contribution in [0.4, 0.5) is 0 Å². The molecule has 0 saturated carbocycles. The van der Waals surface area contributed by atoms with Gasteiger partial charge in [0.05, 0.1) is 0 Å². The number of oxazole rings is 1. The van der Waals surface area contributed by atoms with E-state index >= 15 is 0 Å². The maximum Gasteiger partial charge on any atom is 0.181 e. The predicted octanol–water partition coefficient (Wildman–Crippen LogP) is 1.47. The van der Waals surface area contributed by atoms with E-state index < -0.39 is 0 Å². The van der Waals surface area contributed by atoms with Crippen molar-refractivity contribution in [2.45, 2.75) is 20.8 Å². The highest BCUT2D eigenvalue weighted by Crippen LogP contribution is 1.83. The van der Waals surface area contributed by atoms with Crippen LogP contribution in [0.15, 0.2) is 23.0 Å². The van der Waals surface area contributed by atoms with Crippen LogP contribution < -0.4 is 10.8 Å². The summed E-state index contributed by atoms with van der Waals surface area (Å²) in [4.78, 5) is 3.91. The van der Waals surface area contributed by atoms with Gasteiger partial charge in [0.1, 0.15) is 10.8 Å². The molecule has 2 nitrogen and oxygen atoms in total. The third-order valence-electron chi connectivity index (χ3n) is 1.06. The van der Waals surface area contributed by atoms with Gasteiger partial charge in [0.25, 0.3) is 0 Å². The van der Waals surface area contributed by atoms with Gasteiger partial charge in [0.2, 0.25) is 0 Å². The Labute approximate surface area is 72.9 Å². The van der Waals surface area contributed by atoms with Gasteiger partial charge in [0.15, 0.2) is 6.39 Å². The van der Waals surface area contributed by atoms with E-state index in [1.807, 2.05) is 26.8 Å². The van der Waals surface area contributed by atoms with E-state index in [1.54, 1.807) is 0 Å². The lowest BCUT2D eigenvalue weighted by Crippen LogP contribution is -2.19. The zero-order valence-corrected chi connectivity index (χ0v) is 7.92. The van der Waals surface area contributed by atoms with Crippen LogP contribution in [0.2, 0.25) is 0 Å². The van der Waals surface area contributed by atoms with Gasteiger partial charge in [-0.05, 0) is 13.0 Å². The molecule has 1 heterocycles. The summed E-state index contributed by atoms with van der Waals surface area (Å²) in [5, 5.41) is 0.757. The van der Waals surface area contributed by atoms with E-state index in [0.29, 0.717) is 5.42 Å². The van der Waals surface area contributed by atoms with Crippen molar-refractivity contribution in [3.63, 3.8) is 0 Å². The van der Waals surface area contributed by atoms with Gasteiger partial charge in [-0.2, -0.15) is 0 Å². The number of aromatic nitrogens is 1. The molecule has 1 aromatic heterocycles. The van der Waals surface area contributed by atoms with Gasteiger partial charge >= 0.3 is 0 Å². The van der Waals surface area contributed by atoms with Crippen LogP contribution in [0, 0.1) is 0 Å². The highest BCUT2D eigenvalue weighted by Gasteiger charge is 1.84. The molecule has 0 amide bonds. The molecule has 1 aromatic rings. The summed E-state index contributed by atoms with van der Waals surface area (Å²) >= 11 is 0. The number of rotatable bonds is 1. The quantitative estimate of drug-likeness (QED) is 0.629. The zero-order chi connectivity index (χ0) is 9.56. The van der Waals surface area contributed by atoms with Gasteiger partial charge in [-0.3, -0.25) is 0 Å². The monoisotopic (exact) mass is 165 g/mol. The van der Waals surface area contributed by atoms with E-state index in [9.17, 15) is 0 Å². The molecule has 2 heteroatoms. The highest BCUT2D eigenvalue weighted by molar-refractivity contribution is 5.40. The lowest BCUT2D eigenvalue weighted by molar-refractivity contribution is 0.526. The van der Waals surface area contributed by atoms with Crippen molar-refractivity contribution in [2.75, 3.05) is 0 Å². The SMILES string of the molecule is C=C(C)/C=c1/ncoc1=C.CC. The maximum absolute atomic E-state index is 4.87. The first-order valence-corrected chi connectivity index (χ1v) is 3.96. The molecule has 0 bridgehead atoms. The van der Waals surface area contributed by atoms with Crippen molar-refractivity contribution < 1.29 is 4.42 Å². The van der Waals surface area contributed by atoms with E-state index in [0.717, 1.165) is 10.9 Å². The topological polar surface area (TPSA) is 26.0 Å². The smallest absolute Gasteiger partial charge is 0.181 e. The summed E-state index contributed by atoms with van der Waals surface area (Å²) in [6, 6.07) is 0. The Bertz CT molecular complexity index is 335. The van der Waals surface area contributed by atoms with Crippen molar-refractivity contribution in [2.24, 2.45) is 0 Å². The number of hydrogen-bond acceptors (Lipinski definition) is 2. The second kappa shape index (κ2) is 5.35. The minimum atomic E-state index is 0.586. The molecule has 0 saturated heterocycles. The largest absolute Gasteiger partial charge is 0.444 e. The van der Waals surface area contributed by atoms with Crippen LogP contribution in [-0.2, 0) is 0 Å². The molecule has 1 rings (SSSR count). The molecule has 0 N–H and O–H groups in total. The minimum Gasteiger partial charge on any atom is -0.444 e. The molecule has 0 fully saturated rings. The molecule has 0 aliphatic rings. The first-order chi connectivity index (χ1) is 5.70. The summed E-state index contributed by atoms with van der Waals surface area (Å²) in [7, 11) is 0. The van der Waals surface area contributed by atoms with Gasteiger partial charge in [-0.1, -0.05) is 32.6 Å². The Balaban J connectivity index is 0.000000561. The Hall–Kier alpha value is -1.31. The third-order valence-corrected chi connectivity index (χ3v) is 1.06. The standard InChI is InChI=1S/C8H9NO.C2H6/c1-6(2)4-8-7(3)10-5-9-8;1-2/h4-5H,1,3H2,2H3;1-2H3/b8-4+;. The maximum atomic E-state index is 4.87. The lowest BCUT2D eigenvalue weighted by atomic mass is 10.3. The van der Waals surface area contributed by atoms with E-state index in [1.165, 1.54) is 6.39 Å². The zero-order valence-electron chi connectivity index (χ0n) is 7.92. The van der Waals surface area contributed by atoms with Crippen LogP contribution in [0.25, 0.3) is 12.7 Å². The van der Waals surface area contributed by atoms with Crippen molar-refractivity contribution in [1.29, 1.82) is 0 Å². The molecule has 0 unspecified atom stereocenters. The Morgan fingerprint density at radius 3 is 2.50 bits per heavy atom. The van der Waals surface area contributed by atoms with E-state index in [4.69, 9.17) is 4.42 Å². The molecular formula is C10H15NO. The van der Waals surface area contributed by atoms with E-state index in [2.05, 4.69) is 18.1 Å². The first kappa shape index (κ1) is 10.7. The molecule has 0 aliphatic heterocycles. The lowest BCUT2D eigenvalue weighted by Gasteiger charge is -1.78. The second-order valence-electron chi connectivity index (χ2n) is 2.15. The predicted molar refractivity (Wildman–Crippen MR) is 51.9 cm³/mol. The Morgan fingerprint density at radius 1 is 1.58 bits per heavy atom. The molecule has 0 aromatic carbocycles. The summed E-state index contributed by atoms with van der Waals surface area (Å²) in [5.41, 5.74) is 1.53. The van der Waals surface area contributed by atoms with Crippen molar-refractivity contribution in [3.8, 4) is 0 Å². The fourth-order valence-corrected chi connectivity index (χ4v) is 0.630. The number of nitrogens with zero attached hydrogens (tertiary/aromatic N) is 1. The van der Waals surface area contributed by atoms with Gasteiger partial charge < -0.3 is 4.42 Å². The molecule has 0 spiro atoms. The second-order valence-corrected chi connectivity index (χ2v) is 2.15. The van der Waals surface area contributed by atoms with Gasteiger partial charge in [-0.15, -0.1) is 0 Å². The molecule has 12 heavy (non-hydrogen) atoms. The van der Waals surface area contributed by atoms with Crippen molar-refractivity contribution in [1.82, 2.24) is 4.98 Å². The van der Waals surface area contributed by atoms with Crippen molar-refractivity contribution in [3.05, 3.63) is 29.3 Å². The molecular weight excluding hydrogens is 150 g/mol. The Kier molecular flexibility index (Phi) is 4.77. The van der Waals surface area contributed by atoms with E-state index in [-0.39, 0.29) is 0 Å². The number of allylic oxidation sites excluding steroid dienone is 1. The number of hydrogen-bond donors (Lipinski definition) is 0. The van der Waals surface area contributed by atoms with Crippen LogP contribution >= 0.6 is 0 Å². The van der Waals surface area contributed by atoms with Crippen LogP contribution in [-0.4, -0.2) is 4.98 Å². The third kappa shape index (κ3) is 3.19. The van der Waals surface area contributed by atoms with Crippen LogP contribution in [0.1, 0.15) is 20.8 Å². The van der Waals surface area contributed by atoms with Crippen LogP contribution in [0.3, 0.4) is 0 Å². The summed E-state index contributed by atoms with van der Waals surface area (Å²) in [5.74, 6) is 0. The Morgan fingerprint density at radius 2 is 2.17 bits per heavy atom. The molecule has 0 aliphatic carbocycles. The normalized spacial score (nSPS) is 10.4. The average molecular weight is 165 g/mol. The summed E-state index contributed by atoms with van der Waals surface area (Å²) in [6.07, 6.45) is 3.20. The van der Waals surface area contributed by atoms with Crippen LogP contribution in [0.5, 0.6) is 0 Å². The molecule has 0 radical (unpaired) electrons.